The van der Waals surface area contributed by atoms with Gasteiger partial charge in [0.05, 0.1) is 9.82 Å². The van der Waals surface area contributed by atoms with E-state index in [0.717, 1.165) is 76.2 Å². The Kier molecular flexibility index (Phi) is 11.8. The van der Waals surface area contributed by atoms with Crippen LogP contribution in [-0.4, -0.2) is 61.8 Å². The van der Waals surface area contributed by atoms with E-state index in [2.05, 4.69) is 52.7 Å². The van der Waals surface area contributed by atoms with Gasteiger partial charge in [-0.3, -0.25) is 19.7 Å². The number of nitrogens with zero attached hydrogens (tertiary/aromatic N) is 3. The molecule has 1 heterocycles. The number of nitro benzene ring substituents is 1. The van der Waals surface area contributed by atoms with Crippen LogP contribution in [0.1, 0.15) is 101 Å². The summed E-state index contributed by atoms with van der Waals surface area (Å²) in [5.74, 6) is 1.61. The van der Waals surface area contributed by atoms with Crippen LogP contribution >= 0.6 is 0 Å². The smallest absolute Gasteiger partial charge is 0.293 e. The third-order valence-electron chi connectivity index (χ3n) is 13.8. The molecule has 2 N–H and O–H groups in total. The summed E-state index contributed by atoms with van der Waals surface area (Å²) >= 11 is 0. The average molecular weight is 784 g/mol. The molecule has 1 saturated heterocycles. The minimum Gasteiger partial charge on any atom is -0.379 e. The van der Waals surface area contributed by atoms with Gasteiger partial charge in [0.25, 0.3) is 21.6 Å². The molecule has 0 radical (unpaired) electrons. The third-order valence-corrected chi connectivity index (χ3v) is 15.1. The highest BCUT2D eigenvalue weighted by molar-refractivity contribution is 7.90. The molecule has 0 unspecified atom stereocenters. The SMILES string of the molecule is C[C@@H]1[C@@H](N(C(=O)CCc2ccccc2)C2CCN(c3ccc(C(=O)NS(=O)(=O)c4ccc(NCC5CCCCC5)c([N+](=O)[O-])c4)cc3)CC2)C[C@H]2C[C@@H]1C2(C)C. The second-order valence-electron chi connectivity index (χ2n) is 17.3. The van der Waals surface area contributed by atoms with E-state index in [9.17, 15) is 28.1 Å². The zero-order chi connectivity index (χ0) is 39.6. The molecule has 8 rings (SSSR count). The number of benzene rings is 3. The Morgan fingerprint density at radius 3 is 2.27 bits per heavy atom. The van der Waals surface area contributed by atoms with Crippen molar-refractivity contribution >= 4 is 38.9 Å². The van der Waals surface area contributed by atoms with Crippen molar-refractivity contribution in [3.8, 4) is 0 Å². The van der Waals surface area contributed by atoms with Gasteiger partial charge in [0.1, 0.15) is 5.69 Å². The van der Waals surface area contributed by atoms with Crippen molar-refractivity contribution in [3.05, 3.63) is 94.0 Å². The summed E-state index contributed by atoms with van der Waals surface area (Å²) in [6, 6.07) is 21.2. The maximum absolute atomic E-state index is 14.1. The Balaban J connectivity index is 0.972. The second kappa shape index (κ2) is 16.6. The normalized spacial score (nSPS) is 23.8. The van der Waals surface area contributed by atoms with Crippen LogP contribution in [0.25, 0.3) is 0 Å². The Morgan fingerprint density at radius 2 is 1.62 bits per heavy atom. The molecular formula is C44H57N5O6S. The minimum atomic E-state index is -4.38. The van der Waals surface area contributed by atoms with E-state index < -0.39 is 20.9 Å². The monoisotopic (exact) mass is 783 g/mol. The van der Waals surface area contributed by atoms with Crippen molar-refractivity contribution < 1.29 is 22.9 Å². The van der Waals surface area contributed by atoms with Crippen LogP contribution in [0.5, 0.6) is 0 Å². The quantitative estimate of drug-likeness (QED) is 0.131. The molecule has 4 saturated carbocycles. The summed E-state index contributed by atoms with van der Waals surface area (Å²) in [4.78, 5) is 42.8. The molecule has 4 atom stereocenters. The molecule has 2 amide bonds. The lowest BCUT2D eigenvalue weighted by Crippen LogP contribution is -2.64. The van der Waals surface area contributed by atoms with Crippen molar-refractivity contribution in [2.24, 2.45) is 29.1 Å². The number of carbonyl (C=O) groups is 2. The second-order valence-corrected chi connectivity index (χ2v) is 19.0. The van der Waals surface area contributed by atoms with Gasteiger partial charge in [-0.1, -0.05) is 70.4 Å². The van der Waals surface area contributed by atoms with Gasteiger partial charge in [0.15, 0.2) is 0 Å². The summed E-state index contributed by atoms with van der Waals surface area (Å²) < 4.78 is 28.6. The van der Waals surface area contributed by atoms with Crippen LogP contribution in [0.4, 0.5) is 17.1 Å². The summed E-state index contributed by atoms with van der Waals surface area (Å²) in [6.45, 7) is 9.26. The van der Waals surface area contributed by atoms with Crippen LogP contribution in [0.3, 0.4) is 0 Å². The minimum absolute atomic E-state index is 0.162. The van der Waals surface area contributed by atoms with Crippen molar-refractivity contribution in [3.63, 3.8) is 0 Å². The summed E-state index contributed by atoms with van der Waals surface area (Å²) in [5.41, 5.74) is 2.51. The van der Waals surface area contributed by atoms with Crippen LogP contribution in [0.2, 0.25) is 0 Å². The highest BCUT2D eigenvalue weighted by atomic mass is 32.2. The number of carbonyl (C=O) groups excluding carboxylic acids is 2. The number of nitro groups is 1. The Hall–Kier alpha value is -4.45. The van der Waals surface area contributed by atoms with Gasteiger partial charge in [0.2, 0.25) is 5.91 Å². The molecule has 11 nitrogen and oxygen atoms in total. The van der Waals surface area contributed by atoms with Gasteiger partial charge >= 0.3 is 0 Å². The zero-order valence-corrected chi connectivity index (χ0v) is 33.8. The first kappa shape index (κ1) is 39.8. The van der Waals surface area contributed by atoms with E-state index in [0.29, 0.717) is 42.1 Å². The predicted molar refractivity (Wildman–Crippen MR) is 219 cm³/mol. The molecule has 0 spiro atoms. The van der Waals surface area contributed by atoms with E-state index in [1.165, 1.54) is 30.5 Å². The number of hydrogen-bond donors (Lipinski definition) is 2. The summed E-state index contributed by atoms with van der Waals surface area (Å²) in [5, 5.41) is 15.0. The van der Waals surface area contributed by atoms with Gasteiger partial charge in [-0.25, -0.2) is 13.1 Å². The lowest BCUT2D eigenvalue weighted by atomic mass is 9.44. The zero-order valence-electron chi connectivity index (χ0n) is 33.0. The van der Waals surface area contributed by atoms with Crippen molar-refractivity contribution in [2.75, 3.05) is 29.9 Å². The molecule has 5 fully saturated rings. The first-order valence-corrected chi connectivity index (χ1v) is 22.1. The number of aryl methyl sites for hydroxylation is 1. The largest absolute Gasteiger partial charge is 0.379 e. The molecule has 300 valence electrons. The van der Waals surface area contributed by atoms with E-state index in [-0.39, 0.29) is 39.8 Å². The number of rotatable bonds is 13. The average Bonchev–Trinajstić information content (AvgIpc) is 3.20. The first-order valence-electron chi connectivity index (χ1n) is 20.6. The Bertz CT molecular complexity index is 1990. The topological polar surface area (TPSA) is 142 Å². The number of sulfonamides is 1. The Morgan fingerprint density at radius 1 is 0.929 bits per heavy atom. The summed E-state index contributed by atoms with van der Waals surface area (Å²) in [7, 11) is -4.38. The van der Waals surface area contributed by atoms with Gasteiger partial charge < -0.3 is 15.1 Å². The number of amides is 2. The van der Waals surface area contributed by atoms with E-state index in [1.807, 2.05) is 30.3 Å². The molecule has 0 aromatic heterocycles. The predicted octanol–water partition coefficient (Wildman–Crippen LogP) is 8.21. The van der Waals surface area contributed by atoms with Gasteiger partial charge in [-0.05, 0) is 116 Å². The van der Waals surface area contributed by atoms with E-state index in [1.54, 1.807) is 12.1 Å². The fourth-order valence-corrected chi connectivity index (χ4v) is 11.3. The number of piperidine rings is 1. The van der Waals surface area contributed by atoms with Crippen molar-refractivity contribution in [1.82, 2.24) is 9.62 Å². The highest BCUT2D eigenvalue weighted by Crippen LogP contribution is 2.62. The number of hydrogen-bond acceptors (Lipinski definition) is 8. The molecule has 1 aliphatic heterocycles. The maximum Gasteiger partial charge on any atom is 0.293 e. The van der Waals surface area contributed by atoms with Gasteiger partial charge in [-0.2, -0.15) is 0 Å². The fourth-order valence-electron chi connectivity index (χ4n) is 10.3. The van der Waals surface area contributed by atoms with Crippen LogP contribution < -0.4 is 14.9 Å². The first-order chi connectivity index (χ1) is 26.8. The molecule has 3 aromatic carbocycles. The van der Waals surface area contributed by atoms with Crippen molar-refractivity contribution in [1.29, 1.82) is 0 Å². The molecule has 5 aliphatic rings. The molecule has 56 heavy (non-hydrogen) atoms. The van der Waals surface area contributed by atoms with Crippen LogP contribution in [-0.2, 0) is 21.2 Å². The van der Waals surface area contributed by atoms with Crippen molar-refractivity contribution in [2.45, 2.75) is 108 Å². The standard InChI is InChI=1S/C44H57N5O6S/c1-30-38-26-34(44(38,2)3)27-40(30)48(42(50)21-14-31-10-6-4-7-11-31)36-22-24-47(25-23-36)35-17-15-33(16-18-35)43(51)46-56(54,55)37-19-20-39(41(28-37)49(52)53)45-29-32-12-8-5-9-13-32/h4,6-7,10-11,15-20,28,30,32,34,36,38,40,45H,5,8-9,12-14,21-27,29H2,1-3H3,(H,46,51)/t30-,34+,38-,40-/m0/s1. The number of anilines is 2. The van der Waals surface area contributed by atoms with Crippen LogP contribution in [0.15, 0.2) is 77.7 Å². The number of nitrogens with one attached hydrogen (secondary N) is 2. The fraction of sp³-hybridized carbons (Fsp3) is 0.545. The molecule has 2 bridgehead atoms. The molecule has 3 aromatic rings. The van der Waals surface area contributed by atoms with Gasteiger partial charge in [0, 0.05) is 55.5 Å². The maximum atomic E-state index is 14.1. The lowest BCUT2D eigenvalue weighted by Gasteiger charge is -2.64. The third kappa shape index (κ3) is 8.45. The Labute approximate surface area is 331 Å². The van der Waals surface area contributed by atoms with Gasteiger partial charge in [-0.15, -0.1) is 0 Å². The molecular weight excluding hydrogens is 727 g/mol. The summed E-state index contributed by atoms with van der Waals surface area (Å²) in [6.07, 6.45) is 10.9. The van der Waals surface area contributed by atoms with Crippen LogP contribution in [0, 0.1) is 39.2 Å². The van der Waals surface area contributed by atoms with E-state index >= 15 is 0 Å². The number of fused-ring (bicyclic) bond motifs is 2. The molecule has 4 aliphatic carbocycles. The highest BCUT2D eigenvalue weighted by Gasteiger charge is 2.58. The van der Waals surface area contributed by atoms with E-state index in [4.69, 9.17) is 0 Å². The molecule has 12 heteroatoms. The lowest BCUT2D eigenvalue weighted by molar-refractivity contribution is -0.384.